The lowest BCUT2D eigenvalue weighted by atomic mass is 10.0. The molecule has 2 heterocycles. The van der Waals surface area contributed by atoms with E-state index < -0.39 is 77.6 Å². The van der Waals surface area contributed by atoms with E-state index in [9.17, 15) is 2.74 Å². The highest BCUT2D eigenvalue weighted by Crippen LogP contribution is 2.35. The van der Waals surface area contributed by atoms with E-state index in [1.807, 2.05) is 109 Å². The number of fused-ring (bicyclic) bond motifs is 3. The van der Waals surface area contributed by atoms with Crippen molar-refractivity contribution in [3.63, 3.8) is 0 Å². The standard InChI is InChI=1S/C45H29N3O/c1-4-11-30(12-5-1)33-19-21-34(22-20-33)43-46-44(37-18-10-17-35(27-37)31-13-6-2-7-14-31)48-45(47-43)38-24-26-41-40(28-38)39-25-23-36(29-42(39)49-41)32-15-8-3-9-16-32/h1-29H/i3D,8D,9D,15D,16D,23D,24D,25D,26D,28D,29D. The summed E-state index contributed by atoms with van der Waals surface area (Å²) in [6.45, 7) is 0. The van der Waals surface area contributed by atoms with Crippen LogP contribution < -0.4 is 0 Å². The van der Waals surface area contributed by atoms with Crippen molar-refractivity contribution in [3.05, 3.63) is 176 Å². The van der Waals surface area contributed by atoms with Crippen LogP contribution in [0.4, 0.5) is 0 Å². The fourth-order valence-corrected chi connectivity index (χ4v) is 5.66. The van der Waals surface area contributed by atoms with Gasteiger partial charge in [-0.1, -0.05) is 139 Å². The normalized spacial score (nSPS) is 14.4. The molecule has 230 valence electrons. The first-order chi connectivity index (χ1) is 28.8. The third kappa shape index (κ3) is 5.56. The van der Waals surface area contributed by atoms with E-state index in [-0.39, 0.29) is 45.0 Å². The minimum absolute atomic E-state index is 0.105. The fourth-order valence-electron chi connectivity index (χ4n) is 5.66. The van der Waals surface area contributed by atoms with Gasteiger partial charge in [0.05, 0.1) is 15.1 Å². The van der Waals surface area contributed by atoms with Crippen molar-refractivity contribution in [2.24, 2.45) is 0 Å². The highest BCUT2D eigenvalue weighted by Gasteiger charge is 2.16. The molecular weight excluding hydrogens is 599 g/mol. The Morgan fingerprint density at radius 2 is 0.939 bits per heavy atom. The maximum Gasteiger partial charge on any atom is 0.164 e. The molecule has 49 heavy (non-hydrogen) atoms. The van der Waals surface area contributed by atoms with Crippen LogP contribution in [-0.2, 0) is 0 Å². The molecule has 2 aromatic heterocycles. The largest absolute Gasteiger partial charge is 0.456 e. The van der Waals surface area contributed by atoms with Crippen molar-refractivity contribution >= 4 is 21.9 Å². The Kier molecular flexibility index (Phi) is 4.78. The number of hydrogen-bond acceptors (Lipinski definition) is 4. The Bertz CT molecular complexity index is 3180. The summed E-state index contributed by atoms with van der Waals surface area (Å²) >= 11 is 0. The first-order valence-electron chi connectivity index (χ1n) is 21.0. The van der Waals surface area contributed by atoms with Crippen molar-refractivity contribution in [2.75, 3.05) is 0 Å². The van der Waals surface area contributed by atoms with Crippen LogP contribution in [-0.4, -0.2) is 15.0 Å². The first kappa shape index (κ1) is 19.2. The predicted molar refractivity (Wildman–Crippen MR) is 200 cm³/mol. The van der Waals surface area contributed by atoms with E-state index in [1.165, 1.54) is 0 Å². The molecule has 0 amide bonds. The number of rotatable bonds is 6. The van der Waals surface area contributed by atoms with Gasteiger partial charge in [-0.25, -0.2) is 15.0 Å². The molecule has 4 heteroatoms. The smallest absolute Gasteiger partial charge is 0.164 e. The van der Waals surface area contributed by atoms with Gasteiger partial charge in [0.15, 0.2) is 17.5 Å². The summed E-state index contributed by atoms with van der Waals surface area (Å²) in [5.74, 6) is 0.355. The van der Waals surface area contributed by atoms with Crippen LogP contribution in [0.1, 0.15) is 15.1 Å². The first-order valence-corrected chi connectivity index (χ1v) is 15.5. The second-order valence-electron chi connectivity index (χ2n) is 11.2. The van der Waals surface area contributed by atoms with Gasteiger partial charge in [0.1, 0.15) is 11.2 Å². The minimum Gasteiger partial charge on any atom is -0.456 e. The Labute approximate surface area is 299 Å². The maximum atomic E-state index is 9.54. The molecule has 0 bridgehead atoms. The molecule has 4 nitrogen and oxygen atoms in total. The third-order valence-electron chi connectivity index (χ3n) is 8.10. The average molecular weight is 639 g/mol. The Morgan fingerprint density at radius 3 is 1.67 bits per heavy atom. The molecule has 0 atom stereocenters. The van der Waals surface area contributed by atoms with Crippen LogP contribution in [0, 0.1) is 0 Å². The van der Waals surface area contributed by atoms with Gasteiger partial charge in [-0.15, -0.1) is 0 Å². The summed E-state index contributed by atoms with van der Waals surface area (Å²) in [7, 11) is 0. The molecule has 0 aliphatic rings. The lowest BCUT2D eigenvalue weighted by molar-refractivity contribution is 0.669. The van der Waals surface area contributed by atoms with Gasteiger partial charge < -0.3 is 4.42 Å². The molecule has 0 aliphatic carbocycles. The topological polar surface area (TPSA) is 51.8 Å². The summed E-state index contributed by atoms with van der Waals surface area (Å²) in [6.07, 6.45) is 0. The zero-order valence-electron chi connectivity index (χ0n) is 36.6. The minimum atomic E-state index is -0.679. The fraction of sp³-hybridized carbons (Fsp3) is 0. The number of hydrogen-bond donors (Lipinski definition) is 0. The third-order valence-corrected chi connectivity index (χ3v) is 8.10. The molecule has 9 rings (SSSR count). The number of furan rings is 1. The number of aromatic nitrogens is 3. The predicted octanol–water partition coefficient (Wildman–Crippen LogP) is 11.8. The number of benzene rings is 7. The molecule has 0 unspecified atom stereocenters. The maximum absolute atomic E-state index is 9.54. The van der Waals surface area contributed by atoms with Crippen molar-refractivity contribution in [3.8, 4) is 67.5 Å². The van der Waals surface area contributed by atoms with Gasteiger partial charge in [0.25, 0.3) is 0 Å². The average Bonchev–Trinajstić information content (AvgIpc) is 3.70. The van der Waals surface area contributed by atoms with Gasteiger partial charge in [-0.2, -0.15) is 0 Å². The summed E-state index contributed by atoms with van der Waals surface area (Å²) in [6, 6.07) is 28.3. The van der Waals surface area contributed by atoms with E-state index >= 15 is 0 Å². The molecule has 7 aromatic carbocycles. The van der Waals surface area contributed by atoms with Crippen molar-refractivity contribution < 1.29 is 19.5 Å². The Balaban J connectivity index is 1.29. The molecule has 0 N–H and O–H groups in total. The highest BCUT2D eigenvalue weighted by molar-refractivity contribution is 6.07. The molecule has 0 saturated heterocycles. The van der Waals surface area contributed by atoms with E-state index in [0.29, 0.717) is 11.1 Å². The van der Waals surface area contributed by atoms with E-state index in [2.05, 4.69) is 0 Å². The van der Waals surface area contributed by atoms with Crippen LogP contribution in [0.5, 0.6) is 0 Å². The molecule has 9 aromatic rings. The SMILES string of the molecule is [2H]c1c([2H])c([2H])c(-c2c([2H])c([2H])c3c(oc4c([2H])c([2H])c(-c5nc(-c6ccc(-c7ccccc7)cc6)nc(-c6cccc(-c7ccccc7)c6)n5)c([2H])c43)c2[2H])c([2H])c1[2H]. The van der Waals surface area contributed by atoms with Crippen molar-refractivity contribution in [1.29, 1.82) is 0 Å². The van der Waals surface area contributed by atoms with E-state index in [1.54, 1.807) is 0 Å². The van der Waals surface area contributed by atoms with Gasteiger partial charge in [0.2, 0.25) is 0 Å². The van der Waals surface area contributed by atoms with Crippen LogP contribution in [0.15, 0.2) is 180 Å². The van der Waals surface area contributed by atoms with Crippen molar-refractivity contribution in [1.82, 2.24) is 15.0 Å². The zero-order chi connectivity index (χ0) is 42.1. The second kappa shape index (κ2) is 12.2. The Morgan fingerprint density at radius 1 is 0.367 bits per heavy atom. The van der Waals surface area contributed by atoms with Crippen LogP contribution in [0.2, 0.25) is 0 Å². The van der Waals surface area contributed by atoms with Crippen LogP contribution in [0.3, 0.4) is 0 Å². The molecule has 0 fully saturated rings. The summed E-state index contributed by atoms with van der Waals surface area (Å²) in [4.78, 5) is 14.4. The molecule has 0 radical (unpaired) electrons. The second-order valence-corrected chi connectivity index (χ2v) is 11.2. The van der Waals surface area contributed by atoms with Crippen LogP contribution in [0.25, 0.3) is 89.5 Å². The van der Waals surface area contributed by atoms with E-state index in [0.717, 1.165) is 22.3 Å². The van der Waals surface area contributed by atoms with Gasteiger partial charge in [0, 0.05) is 27.5 Å². The summed E-state index contributed by atoms with van der Waals surface area (Å²) in [5, 5.41) is -0.320. The quantitative estimate of drug-likeness (QED) is 0.182. The van der Waals surface area contributed by atoms with Gasteiger partial charge in [-0.3, -0.25) is 0 Å². The highest BCUT2D eigenvalue weighted by atomic mass is 16.3. The van der Waals surface area contributed by atoms with Crippen LogP contribution >= 0.6 is 0 Å². The lowest BCUT2D eigenvalue weighted by Crippen LogP contribution is -2.00. The molecule has 0 spiro atoms. The van der Waals surface area contributed by atoms with E-state index in [4.69, 9.17) is 31.7 Å². The molecular formula is C45H29N3O. The number of nitrogens with zero attached hydrogens (tertiary/aromatic N) is 3. The molecule has 0 aliphatic heterocycles. The molecule has 0 saturated carbocycles. The monoisotopic (exact) mass is 638 g/mol. The van der Waals surface area contributed by atoms with Gasteiger partial charge in [-0.05, 0) is 69.7 Å². The lowest BCUT2D eigenvalue weighted by Gasteiger charge is -2.10. The summed E-state index contributed by atoms with van der Waals surface area (Å²) in [5.41, 5.74) is 3.36. The van der Waals surface area contributed by atoms with Gasteiger partial charge >= 0.3 is 0 Å². The summed E-state index contributed by atoms with van der Waals surface area (Å²) < 4.78 is 102. The van der Waals surface area contributed by atoms with Crippen molar-refractivity contribution in [2.45, 2.75) is 0 Å². The Hall–Kier alpha value is -6.65. The zero-order valence-corrected chi connectivity index (χ0v) is 25.6.